The van der Waals surface area contributed by atoms with E-state index in [1.807, 2.05) is 38.4 Å². The fourth-order valence-corrected chi connectivity index (χ4v) is 5.53. The van der Waals surface area contributed by atoms with Gasteiger partial charge in [0.25, 0.3) is 5.56 Å². The summed E-state index contributed by atoms with van der Waals surface area (Å²) in [5.41, 5.74) is 5.12. The third-order valence-electron chi connectivity index (χ3n) is 7.44. The standard InChI is InChI=1S/C27H30N6O3/c1-16-9-21-23(31(3)27(16)36)12-25(32-8-6-19(34)15-32)29-26(21)33-7-4-5-17-10-20(24(35)11-22(17)33)18-13-28-30(2)14-18/h9-14,19,34-35H,4-8,15H2,1-3H3. The van der Waals surface area contributed by atoms with E-state index >= 15 is 0 Å². The monoisotopic (exact) mass is 486 g/mol. The zero-order valence-electron chi connectivity index (χ0n) is 20.8. The number of benzene rings is 1. The third-order valence-corrected chi connectivity index (χ3v) is 7.44. The molecule has 5 heterocycles. The molecule has 9 heteroatoms. The number of aliphatic hydroxyl groups is 1. The number of rotatable bonds is 3. The summed E-state index contributed by atoms with van der Waals surface area (Å²) in [6.07, 6.45) is 5.80. The molecule has 2 N–H and O–H groups in total. The summed E-state index contributed by atoms with van der Waals surface area (Å²) in [5.74, 6) is 1.70. The van der Waals surface area contributed by atoms with E-state index in [1.165, 1.54) is 0 Å². The van der Waals surface area contributed by atoms with E-state index < -0.39 is 0 Å². The molecule has 2 aliphatic heterocycles. The molecule has 1 aromatic carbocycles. The Balaban J connectivity index is 1.55. The first-order chi connectivity index (χ1) is 17.3. The second kappa shape index (κ2) is 8.37. The number of phenols is 1. The maximum Gasteiger partial charge on any atom is 0.253 e. The molecule has 4 aromatic rings. The molecule has 0 spiro atoms. The lowest BCUT2D eigenvalue weighted by atomic mass is 9.96. The lowest BCUT2D eigenvalue weighted by molar-refractivity contribution is 0.198. The maximum atomic E-state index is 12.8. The first kappa shape index (κ1) is 22.6. The van der Waals surface area contributed by atoms with Crippen LogP contribution < -0.4 is 15.4 Å². The number of phenolic OH excluding ortho intramolecular Hbond substituents is 1. The van der Waals surface area contributed by atoms with Gasteiger partial charge in [-0.3, -0.25) is 9.48 Å². The summed E-state index contributed by atoms with van der Waals surface area (Å²) < 4.78 is 3.41. The highest BCUT2D eigenvalue weighted by Gasteiger charge is 2.27. The molecule has 1 fully saturated rings. The van der Waals surface area contributed by atoms with Crippen molar-refractivity contribution in [1.29, 1.82) is 0 Å². The van der Waals surface area contributed by atoms with Crippen molar-refractivity contribution >= 4 is 28.2 Å². The molecule has 3 aromatic heterocycles. The topological polar surface area (TPSA) is 99.7 Å². The van der Waals surface area contributed by atoms with Crippen LogP contribution in [0.4, 0.5) is 17.3 Å². The molecule has 1 saturated heterocycles. The zero-order valence-corrected chi connectivity index (χ0v) is 20.8. The van der Waals surface area contributed by atoms with Gasteiger partial charge in [0.2, 0.25) is 0 Å². The maximum absolute atomic E-state index is 12.8. The SMILES string of the molecule is Cc1cc2c(N3CCCc4cc(-c5cnn(C)c5)c(O)cc43)nc(N3CCC(O)C3)cc2n(C)c1=O. The first-order valence-electron chi connectivity index (χ1n) is 12.4. The molecular weight excluding hydrogens is 456 g/mol. The molecule has 1 atom stereocenters. The van der Waals surface area contributed by atoms with Gasteiger partial charge in [0, 0.05) is 79.8 Å². The van der Waals surface area contributed by atoms with Crippen molar-refractivity contribution in [2.75, 3.05) is 29.4 Å². The van der Waals surface area contributed by atoms with Gasteiger partial charge >= 0.3 is 0 Å². The van der Waals surface area contributed by atoms with E-state index in [1.54, 1.807) is 22.5 Å². The van der Waals surface area contributed by atoms with Crippen molar-refractivity contribution in [3.8, 4) is 16.9 Å². The van der Waals surface area contributed by atoms with E-state index in [-0.39, 0.29) is 17.4 Å². The first-order valence-corrected chi connectivity index (χ1v) is 12.4. The summed E-state index contributed by atoms with van der Waals surface area (Å²) in [5, 5.41) is 26.3. The number of aromatic hydroxyl groups is 1. The molecule has 0 radical (unpaired) electrons. The van der Waals surface area contributed by atoms with E-state index in [0.717, 1.165) is 64.3 Å². The van der Waals surface area contributed by atoms with E-state index in [4.69, 9.17) is 4.98 Å². The van der Waals surface area contributed by atoms with Crippen LogP contribution in [0.2, 0.25) is 0 Å². The van der Waals surface area contributed by atoms with Crippen LogP contribution in [0, 0.1) is 6.92 Å². The molecule has 6 rings (SSSR count). The van der Waals surface area contributed by atoms with Gasteiger partial charge in [-0.15, -0.1) is 0 Å². The average molecular weight is 487 g/mol. The number of hydrogen-bond acceptors (Lipinski definition) is 7. The number of nitrogens with zero attached hydrogens (tertiary/aromatic N) is 6. The van der Waals surface area contributed by atoms with E-state index in [9.17, 15) is 15.0 Å². The highest BCUT2D eigenvalue weighted by Crippen LogP contribution is 2.42. The van der Waals surface area contributed by atoms with Crippen LogP contribution in [-0.4, -0.2) is 55.3 Å². The van der Waals surface area contributed by atoms with Gasteiger partial charge in [-0.25, -0.2) is 4.98 Å². The third kappa shape index (κ3) is 3.62. The minimum absolute atomic E-state index is 0.0372. The van der Waals surface area contributed by atoms with Crippen LogP contribution in [0.25, 0.3) is 22.0 Å². The van der Waals surface area contributed by atoms with Crippen molar-refractivity contribution < 1.29 is 10.2 Å². The number of pyridine rings is 2. The summed E-state index contributed by atoms with van der Waals surface area (Å²) >= 11 is 0. The van der Waals surface area contributed by atoms with Gasteiger partial charge in [-0.05, 0) is 43.9 Å². The lowest BCUT2D eigenvalue weighted by Crippen LogP contribution is -2.29. The van der Waals surface area contributed by atoms with Crippen LogP contribution in [0.5, 0.6) is 5.75 Å². The molecule has 0 saturated carbocycles. The Kier molecular flexibility index (Phi) is 5.26. The molecule has 9 nitrogen and oxygen atoms in total. The molecular formula is C27H30N6O3. The Morgan fingerprint density at radius 3 is 2.67 bits per heavy atom. The van der Waals surface area contributed by atoms with Crippen molar-refractivity contribution in [2.24, 2.45) is 14.1 Å². The van der Waals surface area contributed by atoms with Crippen LogP contribution in [0.3, 0.4) is 0 Å². The Morgan fingerprint density at radius 1 is 1.11 bits per heavy atom. The number of aliphatic hydroxyl groups excluding tert-OH is 1. The zero-order chi connectivity index (χ0) is 25.1. The Morgan fingerprint density at radius 2 is 1.94 bits per heavy atom. The number of β-amino-alcohol motifs (C(OH)–C–C–N with tert-alkyl or cyclic N) is 1. The fourth-order valence-electron chi connectivity index (χ4n) is 5.53. The quantitative estimate of drug-likeness (QED) is 0.459. The normalized spacial score (nSPS) is 17.7. The molecule has 1 unspecified atom stereocenters. The minimum Gasteiger partial charge on any atom is -0.507 e. The van der Waals surface area contributed by atoms with Crippen LogP contribution in [0.1, 0.15) is 24.0 Å². The highest BCUT2D eigenvalue weighted by atomic mass is 16.3. The van der Waals surface area contributed by atoms with E-state index in [0.29, 0.717) is 25.1 Å². The number of aromatic nitrogens is 4. The molecule has 36 heavy (non-hydrogen) atoms. The largest absolute Gasteiger partial charge is 0.507 e. The van der Waals surface area contributed by atoms with Gasteiger partial charge in [0.05, 0.1) is 17.8 Å². The molecule has 0 aliphatic carbocycles. The molecule has 186 valence electrons. The fraction of sp³-hybridized carbons (Fsp3) is 0.370. The number of anilines is 3. The Bertz CT molecular complexity index is 1560. The van der Waals surface area contributed by atoms with Gasteiger partial charge in [-0.1, -0.05) is 0 Å². The van der Waals surface area contributed by atoms with Crippen LogP contribution >= 0.6 is 0 Å². The van der Waals surface area contributed by atoms with E-state index in [2.05, 4.69) is 21.0 Å². The van der Waals surface area contributed by atoms with Gasteiger partial charge in [-0.2, -0.15) is 5.10 Å². The number of hydrogen-bond donors (Lipinski definition) is 2. The minimum atomic E-state index is -0.383. The second-order valence-corrected chi connectivity index (χ2v) is 9.97. The lowest BCUT2D eigenvalue weighted by Gasteiger charge is -2.33. The summed E-state index contributed by atoms with van der Waals surface area (Å²) in [6.45, 7) is 3.80. The molecule has 0 bridgehead atoms. The smallest absolute Gasteiger partial charge is 0.253 e. The predicted molar refractivity (Wildman–Crippen MR) is 140 cm³/mol. The highest BCUT2D eigenvalue weighted by molar-refractivity contribution is 5.95. The average Bonchev–Trinajstić information content (AvgIpc) is 3.49. The Hall–Kier alpha value is -3.85. The van der Waals surface area contributed by atoms with Gasteiger partial charge in [0.15, 0.2) is 0 Å². The van der Waals surface area contributed by atoms with Crippen LogP contribution in [-0.2, 0) is 20.5 Å². The van der Waals surface area contributed by atoms with Crippen molar-refractivity contribution in [3.63, 3.8) is 0 Å². The van der Waals surface area contributed by atoms with Gasteiger partial charge in [0.1, 0.15) is 17.4 Å². The predicted octanol–water partition coefficient (Wildman–Crippen LogP) is 3.00. The Labute approximate surface area is 208 Å². The summed E-state index contributed by atoms with van der Waals surface area (Å²) in [4.78, 5) is 22.1. The van der Waals surface area contributed by atoms with Gasteiger partial charge < -0.3 is 24.6 Å². The summed E-state index contributed by atoms with van der Waals surface area (Å²) in [6, 6.07) is 7.75. The van der Waals surface area contributed by atoms with Crippen molar-refractivity contribution in [1.82, 2.24) is 19.3 Å². The van der Waals surface area contributed by atoms with Crippen molar-refractivity contribution in [3.05, 3.63) is 58.1 Å². The number of aryl methyl sites for hydroxylation is 4. The second-order valence-electron chi connectivity index (χ2n) is 9.97. The summed E-state index contributed by atoms with van der Waals surface area (Å²) in [7, 11) is 3.65. The number of fused-ring (bicyclic) bond motifs is 2. The molecule has 0 amide bonds. The molecule has 2 aliphatic rings. The van der Waals surface area contributed by atoms with Crippen LogP contribution in [0.15, 0.2) is 41.5 Å². The van der Waals surface area contributed by atoms with Crippen molar-refractivity contribution in [2.45, 2.75) is 32.3 Å².